The summed E-state index contributed by atoms with van der Waals surface area (Å²) in [7, 11) is 0. The monoisotopic (exact) mass is 404 g/mol. The molecule has 30 heavy (non-hydrogen) atoms. The molecule has 0 aromatic heterocycles. The van der Waals surface area contributed by atoms with E-state index in [9.17, 15) is 19.1 Å². The van der Waals surface area contributed by atoms with Crippen molar-refractivity contribution in [3.8, 4) is 0 Å². The van der Waals surface area contributed by atoms with Crippen molar-refractivity contribution in [3.63, 3.8) is 0 Å². The number of rotatable bonds is 3. The Kier molecular flexibility index (Phi) is 5.23. The topological polar surface area (TPSA) is 69.6 Å². The van der Waals surface area contributed by atoms with E-state index in [1.54, 1.807) is 29.2 Å². The van der Waals surface area contributed by atoms with E-state index in [4.69, 9.17) is 0 Å². The maximum atomic E-state index is 13.3. The number of nitrogens with one attached hydrogen (secondary N) is 1. The summed E-state index contributed by atoms with van der Waals surface area (Å²) in [6.07, 6.45) is 0.705. The second-order valence-corrected chi connectivity index (χ2v) is 7.43. The van der Waals surface area contributed by atoms with Gasteiger partial charge in [-0.2, -0.15) is 0 Å². The summed E-state index contributed by atoms with van der Waals surface area (Å²) in [4.78, 5) is 26.3. The van der Waals surface area contributed by atoms with E-state index in [1.807, 2.05) is 25.1 Å². The van der Waals surface area contributed by atoms with Crippen LogP contribution in [0.3, 0.4) is 0 Å². The highest BCUT2D eigenvalue weighted by Crippen LogP contribution is 2.38. The number of carbonyl (C=O) groups is 2. The highest BCUT2D eigenvalue weighted by atomic mass is 19.1. The molecule has 0 saturated carbocycles. The highest BCUT2D eigenvalue weighted by Gasteiger charge is 2.36. The van der Waals surface area contributed by atoms with Crippen LogP contribution in [-0.4, -0.2) is 28.0 Å². The fraction of sp³-hybridized carbons (Fsp3) is 0.167. The molecule has 152 valence electrons. The van der Waals surface area contributed by atoms with Crippen LogP contribution < -0.4 is 5.32 Å². The number of hydrogen-bond donors (Lipinski definition) is 2. The van der Waals surface area contributed by atoms with Gasteiger partial charge in [0.15, 0.2) is 0 Å². The van der Waals surface area contributed by atoms with E-state index < -0.39 is 5.97 Å². The molecular weight excluding hydrogens is 383 g/mol. The quantitative estimate of drug-likeness (QED) is 0.639. The maximum Gasteiger partial charge on any atom is 0.335 e. The number of urea groups is 1. The molecule has 0 unspecified atom stereocenters. The average Bonchev–Trinajstić information content (AvgIpc) is 2.74. The van der Waals surface area contributed by atoms with Crippen LogP contribution in [0.5, 0.6) is 0 Å². The number of carbonyl (C=O) groups excluding carboxylic acids is 1. The van der Waals surface area contributed by atoms with Crippen LogP contribution in [0.1, 0.15) is 40.0 Å². The van der Waals surface area contributed by atoms with Crippen molar-refractivity contribution >= 4 is 17.7 Å². The van der Waals surface area contributed by atoms with Crippen LogP contribution in [0.25, 0.3) is 0 Å². The Hall–Kier alpha value is -3.67. The molecule has 1 aliphatic rings. The summed E-state index contributed by atoms with van der Waals surface area (Å²) in [5, 5.41) is 12.1. The van der Waals surface area contributed by atoms with Gasteiger partial charge in [0.25, 0.3) is 0 Å². The molecule has 3 aromatic carbocycles. The summed E-state index contributed by atoms with van der Waals surface area (Å²) >= 11 is 0. The van der Waals surface area contributed by atoms with Gasteiger partial charge in [-0.3, -0.25) is 0 Å². The van der Waals surface area contributed by atoms with Gasteiger partial charge in [0.1, 0.15) is 5.82 Å². The van der Waals surface area contributed by atoms with Gasteiger partial charge in [0.05, 0.1) is 11.6 Å². The largest absolute Gasteiger partial charge is 0.478 e. The number of carboxylic acids is 1. The Bertz CT molecular complexity index is 1080. The minimum Gasteiger partial charge on any atom is -0.478 e. The van der Waals surface area contributed by atoms with Crippen LogP contribution in [-0.2, 0) is 6.42 Å². The standard InChI is InChI=1S/C24H21FN2O3/c1-15-14-18-4-2-3-5-21(18)22(16-6-8-17(9-7-16)23(28)29)27(15)24(30)26-20-12-10-19(25)11-13-20/h2-13,15,22H,14H2,1H3,(H,26,30)(H,28,29)/t15-,22+/m0/s1. The molecule has 0 radical (unpaired) electrons. The normalized spacial score (nSPS) is 17.9. The third-order valence-electron chi connectivity index (χ3n) is 5.42. The second kappa shape index (κ2) is 7.99. The summed E-state index contributed by atoms with van der Waals surface area (Å²) in [5.74, 6) is -1.37. The molecule has 0 spiro atoms. The van der Waals surface area contributed by atoms with E-state index in [-0.39, 0.29) is 29.5 Å². The fourth-order valence-corrected chi connectivity index (χ4v) is 3.99. The summed E-state index contributed by atoms with van der Waals surface area (Å²) in [6.45, 7) is 1.98. The first kappa shape index (κ1) is 19.6. The molecule has 3 aromatic rings. The summed E-state index contributed by atoms with van der Waals surface area (Å²) < 4.78 is 13.2. The molecule has 1 heterocycles. The molecule has 6 heteroatoms. The van der Waals surface area contributed by atoms with Crippen molar-refractivity contribution in [2.45, 2.75) is 25.4 Å². The van der Waals surface area contributed by atoms with Gasteiger partial charge in [-0.25, -0.2) is 14.0 Å². The third kappa shape index (κ3) is 3.76. The van der Waals surface area contributed by atoms with Crippen molar-refractivity contribution in [1.29, 1.82) is 0 Å². The number of nitrogens with zero attached hydrogens (tertiary/aromatic N) is 1. The number of hydrogen-bond acceptors (Lipinski definition) is 2. The molecule has 0 fully saturated rings. The number of anilines is 1. The number of fused-ring (bicyclic) bond motifs is 1. The van der Waals surface area contributed by atoms with Crippen molar-refractivity contribution < 1.29 is 19.1 Å². The summed E-state index contributed by atoms with van der Waals surface area (Å²) in [5.41, 5.74) is 3.69. The Morgan fingerprint density at radius 2 is 1.67 bits per heavy atom. The first-order valence-electron chi connectivity index (χ1n) is 9.70. The van der Waals surface area contributed by atoms with Crippen LogP contribution in [0.15, 0.2) is 72.8 Å². The number of aromatic carboxylic acids is 1. The van der Waals surface area contributed by atoms with Gasteiger partial charge in [-0.15, -0.1) is 0 Å². The minimum atomic E-state index is -0.995. The third-order valence-corrected chi connectivity index (χ3v) is 5.42. The molecule has 0 bridgehead atoms. The predicted octanol–water partition coefficient (Wildman–Crippen LogP) is 5.09. The van der Waals surface area contributed by atoms with Gasteiger partial charge in [0, 0.05) is 11.7 Å². The number of halogens is 1. The zero-order valence-electron chi connectivity index (χ0n) is 16.4. The van der Waals surface area contributed by atoms with Crippen LogP contribution in [0, 0.1) is 5.82 Å². The van der Waals surface area contributed by atoms with Gasteiger partial charge in [-0.05, 0) is 66.4 Å². The number of carboxylic acid groups (broad SMARTS) is 1. The highest BCUT2D eigenvalue weighted by molar-refractivity contribution is 5.90. The minimum absolute atomic E-state index is 0.0931. The lowest BCUT2D eigenvalue weighted by molar-refractivity contribution is 0.0696. The maximum absolute atomic E-state index is 13.3. The molecule has 1 aliphatic heterocycles. The molecule has 0 saturated heterocycles. The number of amides is 2. The van der Waals surface area contributed by atoms with E-state index in [2.05, 4.69) is 11.4 Å². The lowest BCUT2D eigenvalue weighted by Gasteiger charge is -2.42. The van der Waals surface area contributed by atoms with Gasteiger partial charge in [-0.1, -0.05) is 36.4 Å². The Balaban J connectivity index is 1.73. The Morgan fingerprint density at radius 3 is 2.33 bits per heavy atom. The zero-order valence-corrected chi connectivity index (χ0v) is 16.4. The smallest absolute Gasteiger partial charge is 0.335 e. The van der Waals surface area contributed by atoms with E-state index in [1.165, 1.54) is 24.3 Å². The van der Waals surface area contributed by atoms with Crippen LogP contribution in [0.2, 0.25) is 0 Å². The molecule has 0 aliphatic carbocycles. The molecule has 5 nitrogen and oxygen atoms in total. The summed E-state index contributed by atoms with van der Waals surface area (Å²) in [6, 6.07) is 19.4. The SMILES string of the molecule is C[C@H]1Cc2ccccc2[C@@H](c2ccc(C(=O)O)cc2)N1C(=O)Nc1ccc(F)cc1. The number of benzene rings is 3. The van der Waals surface area contributed by atoms with E-state index >= 15 is 0 Å². The van der Waals surface area contributed by atoms with Crippen molar-refractivity contribution in [2.75, 3.05) is 5.32 Å². The van der Waals surface area contributed by atoms with Crippen molar-refractivity contribution in [1.82, 2.24) is 4.90 Å². The molecule has 4 rings (SSSR count). The molecule has 2 amide bonds. The van der Waals surface area contributed by atoms with Crippen LogP contribution in [0.4, 0.5) is 14.9 Å². The Morgan fingerprint density at radius 1 is 1.00 bits per heavy atom. The van der Waals surface area contributed by atoms with Crippen molar-refractivity contribution in [2.24, 2.45) is 0 Å². The molecular formula is C24H21FN2O3. The van der Waals surface area contributed by atoms with Gasteiger partial charge in [0.2, 0.25) is 0 Å². The van der Waals surface area contributed by atoms with Gasteiger partial charge >= 0.3 is 12.0 Å². The van der Waals surface area contributed by atoms with Crippen molar-refractivity contribution in [3.05, 3.63) is 101 Å². The average molecular weight is 404 g/mol. The van der Waals surface area contributed by atoms with E-state index in [0.717, 1.165) is 16.7 Å². The zero-order chi connectivity index (χ0) is 21.3. The lowest BCUT2D eigenvalue weighted by atomic mass is 9.85. The first-order valence-corrected chi connectivity index (χ1v) is 9.70. The molecule has 2 atom stereocenters. The van der Waals surface area contributed by atoms with Gasteiger partial charge < -0.3 is 15.3 Å². The van der Waals surface area contributed by atoms with Crippen LogP contribution >= 0.6 is 0 Å². The molecule has 2 N–H and O–H groups in total. The fourth-order valence-electron chi connectivity index (χ4n) is 3.99. The second-order valence-electron chi connectivity index (χ2n) is 7.43. The van der Waals surface area contributed by atoms with E-state index in [0.29, 0.717) is 12.1 Å². The first-order chi connectivity index (χ1) is 14.4. The predicted molar refractivity (Wildman–Crippen MR) is 112 cm³/mol. The lowest BCUT2D eigenvalue weighted by Crippen LogP contribution is -2.48. The Labute approximate surface area is 173 Å².